The number of hydrogen-bond donors (Lipinski definition) is 1. The van der Waals surface area contributed by atoms with Crippen LogP contribution >= 0.6 is 0 Å². The van der Waals surface area contributed by atoms with E-state index in [-0.39, 0.29) is 0 Å². The van der Waals surface area contributed by atoms with Crippen LogP contribution in [0.4, 0.5) is 0 Å². The molecular weight excluding hydrogens is 182 g/mol. The van der Waals surface area contributed by atoms with Crippen LogP contribution in [0.15, 0.2) is 4.52 Å². The first kappa shape index (κ1) is 9.61. The Labute approximate surface area is 82.8 Å². The molecule has 0 spiro atoms. The summed E-state index contributed by atoms with van der Waals surface area (Å²) in [6.07, 6.45) is 2.11. The molecule has 1 aromatic heterocycles. The normalized spacial score (nSPS) is 21.6. The van der Waals surface area contributed by atoms with Crippen molar-refractivity contribution in [2.75, 3.05) is 20.2 Å². The summed E-state index contributed by atoms with van der Waals surface area (Å²) in [7, 11) is 1.62. The van der Waals surface area contributed by atoms with Gasteiger partial charge >= 0.3 is 0 Å². The summed E-state index contributed by atoms with van der Waals surface area (Å²) in [4.78, 5) is 4.23. The minimum absolute atomic E-state index is 0.399. The van der Waals surface area contributed by atoms with Crippen molar-refractivity contribution >= 4 is 0 Å². The van der Waals surface area contributed by atoms with Crippen molar-refractivity contribution in [2.45, 2.75) is 19.4 Å². The first-order chi connectivity index (χ1) is 6.88. The molecule has 0 saturated carbocycles. The lowest BCUT2D eigenvalue weighted by Crippen LogP contribution is -2.11. The van der Waals surface area contributed by atoms with E-state index in [9.17, 15) is 0 Å². The van der Waals surface area contributed by atoms with E-state index >= 15 is 0 Å². The van der Waals surface area contributed by atoms with Crippen molar-refractivity contribution in [1.82, 2.24) is 15.5 Å². The molecule has 0 aromatic carbocycles. The lowest BCUT2D eigenvalue weighted by molar-refractivity contribution is 0.151. The topological polar surface area (TPSA) is 60.2 Å². The molecule has 1 unspecified atom stereocenters. The van der Waals surface area contributed by atoms with Gasteiger partial charge in [0.2, 0.25) is 0 Å². The molecule has 1 aliphatic rings. The van der Waals surface area contributed by atoms with Crippen molar-refractivity contribution < 1.29 is 9.26 Å². The van der Waals surface area contributed by atoms with Crippen molar-refractivity contribution in [3.05, 3.63) is 11.7 Å². The third kappa shape index (κ3) is 2.30. The molecule has 5 nitrogen and oxygen atoms in total. The first-order valence-corrected chi connectivity index (χ1v) is 4.89. The highest BCUT2D eigenvalue weighted by Crippen LogP contribution is 2.13. The highest BCUT2D eigenvalue weighted by Gasteiger charge is 2.17. The Bertz CT molecular complexity index is 281. The van der Waals surface area contributed by atoms with Gasteiger partial charge < -0.3 is 14.6 Å². The fourth-order valence-corrected chi connectivity index (χ4v) is 1.70. The molecule has 2 heterocycles. The van der Waals surface area contributed by atoms with Gasteiger partial charge in [0.25, 0.3) is 5.89 Å². The van der Waals surface area contributed by atoms with Crippen molar-refractivity contribution in [2.24, 2.45) is 5.92 Å². The quantitative estimate of drug-likeness (QED) is 0.755. The second kappa shape index (κ2) is 4.52. The van der Waals surface area contributed by atoms with Crippen LogP contribution in [-0.2, 0) is 17.8 Å². The van der Waals surface area contributed by atoms with E-state index in [2.05, 4.69) is 15.5 Å². The molecule has 0 amide bonds. The van der Waals surface area contributed by atoms with Gasteiger partial charge in [-0.1, -0.05) is 5.16 Å². The number of nitrogens with zero attached hydrogens (tertiary/aromatic N) is 2. The third-order valence-electron chi connectivity index (χ3n) is 2.41. The van der Waals surface area contributed by atoms with Crippen LogP contribution in [0.2, 0.25) is 0 Å². The first-order valence-electron chi connectivity index (χ1n) is 4.89. The maximum absolute atomic E-state index is 5.01. The van der Waals surface area contributed by atoms with Gasteiger partial charge in [-0.25, -0.2) is 0 Å². The van der Waals surface area contributed by atoms with Crippen LogP contribution in [0.5, 0.6) is 0 Å². The van der Waals surface area contributed by atoms with Crippen molar-refractivity contribution in [3.8, 4) is 0 Å². The van der Waals surface area contributed by atoms with E-state index in [1.807, 2.05) is 0 Å². The molecule has 5 heteroatoms. The molecule has 0 radical (unpaired) electrons. The lowest BCUT2D eigenvalue weighted by Gasteiger charge is -2.01. The van der Waals surface area contributed by atoms with Crippen LogP contribution in [0.25, 0.3) is 0 Å². The Balaban J connectivity index is 1.88. The number of rotatable bonds is 4. The Kier molecular flexibility index (Phi) is 3.10. The van der Waals surface area contributed by atoms with Gasteiger partial charge in [0.15, 0.2) is 5.82 Å². The van der Waals surface area contributed by atoms with E-state index < -0.39 is 0 Å². The van der Waals surface area contributed by atoms with E-state index in [1.54, 1.807) is 7.11 Å². The van der Waals surface area contributed by atoms with E-state index in [4.69, 9.17) is 9.26 Å². The minimum atomic E-state index is 0.399. The van der Waals surface area contributed by atoms with E-state index in [0.29, 0.717) is 18.4 Å². The summed E-state index contributed by atoms with van der Waals surface area (Å²) in [5.74, 6) is 2.02. The number of methoxy groups -OCH3 is 1. The lowest BCUT2D eigenvalue weighted by atomic mass is 10.1. The predicted molar refractivity (Wildman–Crippen MR) is 49.7 cm³/mol. The van der Waals surface area contributed by atoms with Gasteiger partial charge in [-0.3, -0.25) is 0 Å². The predicted octanol–water partition coefficient (Wildman–Crippen LogP) is 0.368. The minimum Gasteiger partial charge on any atom is -0.375 e. The van der Waals surface area contributed by atoms with Gasteiger partial charge in [-0.2, -0.15) is 4.98 Å². The Hall–Kier alpha value is -0.940. The molecule has 1 aliphatic heterocycles. The van der Waals surface area contributed by atoms with E-state index in [0.717, 1.165) is 25.3 Å². The maximum atomic E-state index is 5.01. The fourth-order valence-electron chi connectivity index (χ4n) is 1.70. The fraction of sp³-hybridized carbons (Fsp3) is 0.778. The summed E-state index contributed by atoms with van der Waals surface area (Å²) in [6.45, 7) is 2.57. The maximum Gasteiger partial charge on any atom is 0.252 e. The van der Waals surface area contributed by atoms with Crippen LogP contribution in [0, 0.1) is 5.92 Å². The molecule has 1 atom stereocenters. The summed E-state index contributed by atoms with van der Waals surface area (Å²) in [5.41, 5.74) is 0. The summed E-state index contributed by atoms with van der Waals surface area (Å²) >= 11 is 0. The number of hydrogen-bond acceptors (Lipinski definition) is 5. The molecule has 14 heavy (non-hydrogen) atoms. The Morgan fingerprint density at radius 1 is 1.64 bits per heavy atom. The van der Waals surface area contributed by atoms with Gasteiger partial charge in [0.05, 0.1) is 0 Å². The smallest absolute Gasteiger partial charge is 0.252 e. The zero-order valence-corrected chi connectivity index (χ0v) is 8.32. The summed E-state index contributed by atoms with van der Waals surface area (Å²) in [6, 6.07) is 0. The average molecular weight is 197 g/mol. The van der Waals surface area contributed by atoms with Crippen LogP contribution < -0.4 is 5.32 Å². The van der Waals surface area contributed by atoms with Gasteiger partial charge in [0.1, 0.15) is 6.61 Å². The van der Waals surface area contributed by atoms with Gasteiger partial charge in [-0.05, 0) is 25.4 Å². The largest absolute Gasteiger partial charge is 0.375 e. The second-order valence-corrected chi connectivity index (χ2v) is 3.60. The molecule has 1 N–H and O–H groups in total. The molecule has 1 fully saturated rings. The molecule has 1 saturated heterocycles. The number of nitrogens with one attached hydrogen (secondary N) is 1. The molecule has 2 rings (SSSR count). The van der Waals surface area contributed by atoms with Crippen molar-refractivity contribution in [3.63, 3.8) is 0 Å². The van der Waals surface area contributed by atoms with Crippen LogP contribution in [0.3, 0.4) is 0 Å². The Morgan fingerprint density at radius 2 is 2.57 bits per heavy atom. The third-order valence-corrected chi connectivity index (χ3v) is 2.41. The number of ether oxygens (including phenoxy) is 1. The highest BCUT2D eigenvalue weighted by molar-refractivity contribution is 4.89. The average Bonchev–Trinajstić information content (AvgIpc) is 2.79. The van der Waals surface area contributed by atoms with Gasteiger partial charge in [-0.15, -0.1) is 0 Å². The molecule has 1 aromatic rings. The van der Waals surface area contributed by atoms with Crippen molar-refractivity contribution in [1.29, 1.82) is 0 Å². The van der Waals surface area contributed by atoms with Crippen LogP contribution in [0.1, 0.15) is 18.1 Å². The Morgan fingerprint density at radius 3 is 3.29 bits per heavy atom. The highest BCUT2D eigenvalue weighted by atomic mass is 16.5. The zero-order chi connectivity index (χ0) is 9.80. The summed E-state index contributed by atoms with van der Waals surface area (Å²) < 4.78 is 9.91. The summed E-state index contributed by atoms with van der Waals surface area (Å²) in [5, 5.41) is 7.22. The molecular formula is C9H15N3O2. The standard InChI is InChI=1S/C9H15N3O2/c1-13-6-9-11-8(12-14-9)4-7-2-3-10-5-7/h7,10H,2-6H2,1H3. The molecule has 0 bridgehead atoms. The SMILES string of the molecule is COCc1nc(CC2CCNC2)no1. The second-order valence-electron chi connectivity index (χ2n) is 3.60. The van der Waals surface area contributed by atoms with Gasteiger partial charge in [0, 0.05) is 13.5 Å². The van der Waals surface area contributed by atoms with Crippen LogP contribution in [-0.4, -0.2) is 30.3 Å². The molecule has 78 valence electrons. The van der Waals surface area contributed by atoms with E-state index in [1.165, 1.54) is 6.42 Å². The number of aromatic nitrogens is 2. The monoisotopic (exact) mass is 197 g/mol. The zero-order valence-electron chi connectivity index (χ0n) is 8.32. The molecule has 0 aliphatic carbocycles.